The van der Waals surface area contributed by atoms with Gasteiger partial charge in [-0.05, 0) is 40.6 Å². The van der Waals surface area contributed by atoms with Crippen LogP contribution >= 0.6 is 0 Å². The van der Waals surface area contributed by atoms with E-state index >= 15 is 0 Å². The molecule has 0 saturated heterocycles. The zero-order chi connectivity index (χ0) is 27.4. The number of aromatic nitrogens is 2. The third-order valence-electron chi connectivity index (χ3n) is 5.27. The highest BCUT2D eigenvalue weighted by molar-refractivity contribution is 5.96. The molecule has 1 aromatic carbocycles. The number of nitro groups is 1. The zero-order valence-corrected chi connectivity index (χ0v) is 19.0. The second-order valence-corrected chi connectivity index (χ2v) is 7.89. The molecule has 2 heterocycles. The second-order valence-electron chi connectivity index (χ2n) is 7.89. The number of carbonyl (C=O) groups is 3. The summed E-state index contributed by atoms with van der Waals surface area (Å²) in [6.07, 6.45) is 0.799. The molecule has 0 fully saturated rings. The maximum absolute atomic E-state index is 12.5. The van der Waals surface area contributed by atoms with Gasteiger partial charge in [0.1, 0.15) is 0 Å². The summed E-state index contributed by atoms with van der Waals surface area (Å²) in [6, 6.07) is 3.19. The smallest absolute Gasteiger partial charge is 0.437 e. The average Bonchev–Trinajstić information content (AvgIpc) is 2.86. The predicted octanol–water partition coefficient (Wildman–Crippen LogP) is 0.648. The number of aromatic amines is 1. The molecule has 37 heavy (non-hydrogen) atoms. The monoisotopic (exact) mass is 519 g/mol. The van der Waals surface area contributed by atoms with Crippen LogP contribution in [0.1, 0.15) is 23.7 Å². The molecule has 0 aliphatic carbocycles. The van der Waals surface area contributed by atoms with Crippen molar-refractivity contribution in [1.82, 2.24) is 15.0 Å². The standard InChI is InChI=1S/C20H21N7O10/c1-9(18(30)31)6-13(19(32)33)26(35)17(29)10-2-4-12(5-3-10)25(34)8-11-7-21-15-14(22-11)16(28)24-20(23-15)27(36)37/h2-5,7,9,13,22,34-35H,6,8H2,1H3,(H,30,31)(H,32,33)(H2,21,23,24,28)/t9?,13-/m0/s1. The van der Waals surface area contributed by atoms with Crippen LogP contribution in [0.3, 0.4) is 0 Å². The molecule has 0 radical (unpaired) electrons. The molecule has 2 aromatic rings. The van der Waals surface area contributed by atoms with E-state index < -0.39 is 52.7 Å². The van der Waals surface area contributed by atoms with E-state index in [2.05, 4.69) is 15.6 Å². The topological polar surface area (TPSA) is 252 Å². The number of nitrogens with zero attached hydrogens (tertiary/aromatic N) is 4. The Kier molecular flexibility index (Phi) is 7.69. The number of carbonyl (C=O) groups excluding carboxylic acids is 1. The Bertz CT molecular complexity index is 1320. The van der Waals surface area contributed by atoms with E-state index in [-0.39, 0.29) is 40.1 Å². The van der Waals surface area contributed by atoms with Gasteiger partial charge in [0, 0.05) is 11.8 Å². The molecule has 0 bridgehead atoms. The Labute approximate surface area is 206 Å². The maximum atomic E-state index is 12.5. The van der Waals surface area contributed by atoms with E-state index in [9.17, 15) is 44.8 Å². The number of carboxylic acids is 2. The molecule has 0 spiro atoms. The molecule has 1 unspecified atom stereocenters. The van der Waals surface area contributed by atoms with Crippen molar-refractivity contribution in [2.75, 3.05) is 22.2 Å². The van der Waals surface area contributed by atoms with Gasteiger partial charge in [-0.3, -0.25) is 25.1 Å². The van der Waals surface area contributed by atoms with Crippen LogP contribution < -0.4 is 21.3 Å². The summed E-state index contributed by atoms with van der Waals surface area (Å²) < 4.78 is 0. The Hall–Kier alpha value is -5.03. The molecule has 1 amide bonds. The number of hydrogen-bond donors (Lipinski definition) is 7. The van der Waals surface area contributed by atoms with E-state index in [1.807, 2.05) is 4.98 Å². The predicted molar refractivity (Wildman–Crippen MR) is 123 cm³/mol. The lowest BCUT2D eigenvalue weighted by atomic mass is 10.0. The van der Waals surface area contributed by atoms with Crippen molar-refractivity contribution in [2.24, 2.45) is 5.92 Å². The number of rotatable bonds is 10. The third kappa shape index (κ3) is 5.97. The number of hydroxylamine groups is 3. The fourth-order valence-corrected chi connectivity index (χ4v) is 3.25. The largest absolute Gasteiger partial charge is 0.481 e. The molecule has 0 saturated carbocycles. The van der Waals surface area contributed by atoms with Gasteiger partial charge in [-0.25, -0.2) is 19.6 Å². The molecule has 1 aromatic heterocycles. The average molecular weight is 519 g/mol. The number of anilines is 3. The molecule has 2 atom stereocenters. The number of amides is 1. The number of H-pyrrole nitrogens is 1. The molecular weight excluding hydrogens is 498 g/mol. The number of benzene rings is 1. The molecule has 17 nitrogen and oxygen atoms in total. The summed E-state index contributed by atoms with van der Waals surface area (Å²) in [5.74, 6) is -5.95. The van der Waals surface area contributed by atoms with Gasteiger partial charge in [0.25, 0.3) is 5.91 Å². The Morgan fingerprint density at radius 3 is 2.35 bits per heavy atom. The number of aliphatic carboxylic acids is 2. The van der Waals surface area contributed by atoms with Gasteiger partial charge in [0.05, 0.1) is 23.8 Å². The molecule has 17 heteroatoms. The van der Waals surface area contributed by atoms with Crippen molar-refractivity contribution in [1.29, 1.82) is 0 Å². The van der Waals surface area contributed by atoms with Crippen LogP contribution in [0, 0.1) is 16.0 Å². The van der Waals surface area contributed by atoms with Gasteiger partial charge in [0.2, 0.25) is 5.82 Å². The van der Waals surface area contributed by atoms with E-state index in [1.54, 1.807) is 0 Å². The second kappa shape index (κ2) is 10.7. The van der Waals surface area contributed by atoms with Gasteiger partial charge in [0.15, 0.2) is 11.7 Å². The lowest BCUT2D eigenvalue weighted by Gasteiger charge is -2.24. The first-order valence-corrected chi connectivity index (χ1v) is 10.4. The number of nitrogens with one attached hydrogen (secondary N) is 3. The summed E-state index contributed by atoms with van der Waals surface area (Å²) in [6.45, 7) is 1.03. The van der Waals surface area contributed by atoms with E-state index in [4.69, 9.17) is 5.11 Å². The van der Waals surface area contributed by atoms with E-state index in [1.165, 1.54) is 37.4 Å². The summed E-state index contributed by atoms with van der Waals surface area (Å²) in [5, 5.41) is 55.7. The van der Waals surface area contributed by atoms with Crippen molar-refractivity contribution < 1.29 is 39.9 Å². The lowest BCUT2D eigenvalue weighted by Crippen LogP contribution is -2.44. The lowest BCUT2D eigenvalue weighted by molar-refractivity contribution is -0.394. The minimum Gasteiger partial charge on any atom is -0.481 e. The van der Waals surface area contributed by atoms with Crippen molar-refractivity contribution in [3.63, 3.8) is 0 Å². The molecule has 1 aliphatic rings. The van der Waals surface area contributed by atoms with Crippen molar-refractivity contribution >= 4 is 41.0 Å². The molecular formula is C20H21N7O10. The minimum absolute atomic E-state index is 0.0523. The van der Waals surface area contributed by atoms with Crippen molar-refractivity contribution in [3.05, 3.63) is 62.2 Å². The first-order chi connectivity index (χ1) is 17.4. The Balaban J connectivity index is 1.68. The Morgan fingerprint density at radius 2 is 1.78 bits per heavy atom. The van der Waals surface area contributed by atoms with Crippen LogP contribution in [-0.2, 0) is 9.59 Å². The van der Waals surface area contributed by atoms with E-state index in [0.29, 0.717) is 0 Å². The summed E-state index contributed by atoms with van der Waals surface area (Å²) >= 11 is 0. The van der Waals surface area contributed by atoms with Crippen LogP contribution in [0.5, 0.6) is 0 Å². The highest BCUT2D eigenvalue weighted by Crippen LogP contribution is 2.24. The number of fused-ring (bicyclic) bond motifs is 1. The molecule has 7 N–H and O–H groups in total. The van der Waals surface area contributed by atoms with Crippen molar-refractivity contribution in [3.8, 4) is 0 Å². The third-order valence-corrected chi connectivity index (χ3v) is 5.27. The molecule has 196 valence electrons. The zero-order valence-electron chi connectivity index (χ0n) is 19.0. The van der Waals surface area contributed by atoms with Crippen LogP contribution in [-0.4, -0.2) is 71.0 Å². The highest BCUT2D eigenvalue weighted by atomic mass is 16.6. The number of carboxylic acid groups (broad SMARTS) is 2. The SMILES string of the molecule is CC(C[C@@H](C(=O)O)N(O)C(=O)c1ccc(N(O)CC2=CNc3nc([N+](=O)[O-])[nH]c(=O)c3N2)cc1)C(=O)O. The van der Waals surface area contributed by atoms with Gasteiger partial charge in [-0.1, -0.05) is 6.92 Å². The first kappa shape index (κ1) is 26.6. The van der Waals surface area contributed by atoms with Crippen LogP contribution in [0.15, 0.2) is 41.0 Å². The quantitative estimate of drug-likeness (QED) is 0.129. The van der Waals surface area contributed by atoms with Crippen LogP contribution in [0.25, 0.3) is 0 Å². The van der Waals surface area contributed by atoms with Crippen LogP contribution in [0.2, 0.25) is 0 Å². The maximum Gasteiger partial charge on any atom is 0.437 e. The summed E-state index contributed by atoms with van der Waals surface area (Å²) in [5.41, 5.74) is -0.619. The first-order valence-electron chi connectivity index (χ1n) is 10.4. The minimum atomic E-state index is -1.80. The van der Waals surface area contributed by atoms with Gasteiger partial charge < -0.3 is 31.0 Å². The molecule has 3 rings (SSSR count). The van der Waals surface area contributed by atoms with Crippen molar-refractivity contribution in [2.45, 2.75) is 19.4 Å². The molecule has 1 aliphatic heterocycles. The van der Waals surface area contributed by atoms with Gasteiger partial charge in [-0.2, -0.15) is 0 Å². The number of hydrogen-bond acceptors (Lipinski definition) is 12. The van der Waals surface area contributed by atoms with Gasteiger partial charge in [-0.15, -0.1) is 0 Å². The highest BCUT2D eigenvalue weighted by Gasteiger charge is 2.33. The Morgan fingerprint density at radius 1 is 1.14 bits per heavy atom. The normalized spacial score (nSPS) is 13.6. The summed E-state index contributed by atoms with van der Waals surface area (Å²) in [4.78, 5) is 62.7. The van der Waals surface area contributed by atoms with E-state index in [0.717, 1.165) is 5.06 Å². The fraction of sp³-hybridized carbons (Fsp3) is 0.250. The van der Waals surface area contributed by atoms with Crippen LogP contribution in [0.4, 0.5) is 23.1 Å². The summed E-state index contributed by atoms with van der Waals surface area (Å²) in [7, 11) is 0. The fourth-order valence-electron chi connectivity index (χ4n) is 3.25. The van der Waals surface area contributed by atoms with Gasteiger partial charge >= 0.3 is 23.4 Å².